The summed E-state index contributed by atoms with van der Waals surface area (Å²) in [5, 5.41) is 4.83. The number of hydrogen-bond donors (Lipinski definition) is 2. The van der Waals surface area contributed by atoms with Gasteiger partial charge in [0.15, 0.2) is 0 Å². The Labute approximate surface area is 169 Å². The number of amides is 4. The van der Waals surface area contributed by atoms with Crippen LogP contribution in [-0.2, 0) is 9.59 Å². The van der Waals surface area contributed by atoms with E-state index in [4.69, 9.17) is 0 Å². The Hall–Kier alpha value is -2.67. The standard InChI is InChI=1S/C19H15IN4O3/c20-14-4-3-13-10-24(16(25)15(13)8-14)11-19(17(26)22-18(27)23-19)6-5-12-2-1-7-21-9-12/h1-2,7-9H,3-4,10-11H2,(H2,22,23,26,27)/t19-/m1/s1. The smallest absolute Gasteiger partial charge is 0.323 e. The van der Waals surface area contributed by atoms with Gasteiger partial charge in [-0.1, -0.05) is 11.8 Å². The van der Waals surface area contributed by atoms with Crippen LogP contribution in [0.25, 0.3) is 0 Å². The lowest BCUT2D eigenvalue weighted by Gasteiger charge is -2.26. The van der Waals surface area contributed by atoms with Gasteiger partial charge in [0.05, 0.1) is 6.54 Å². The van der Waals surface area contributed by atoms with Crippen LogP contribution in [0, 0.1) is 11.8 Å². The molecule has 1 fully saturated rings. The molecule has 1 aromatic rings. The first kappa shape index (κ1) is 17.7. The van der Waals surface area contributed by atoms with Crippen molar-refractivity contribution in [1.29, 1.82) is 0 Å². The van der Waals surface area contributed by atoms with Crippen molar-refractivity contribution < 1.29 is 14.4 Å². The third-order valence-electron chi connectivity index (χ3n) is 4.70. The molecule has 7 nitrogen and oxygen atoms in total. The van der Waals surface area contributed by atoms with Crippen LogP contribution in [-0.4, -0.2) is 46.4 Å². The Morgan fingerprint density at radius 2 is 2.15 bits per heavy atom. The van der Waals surface area contributed by atoms with E-state index in [2.05, 4.69) is 50.0 Å². The Morgan fingerprint density at radius 3 is 2.85 bits per heavy atom. The van der Waals surface area contributed by atoms with Gasteiger partial charge in [-0.3, -0.25) is 19.9 Å². The van der Waals surface area contributed by atoms with E-state index in [1.807, 2.05) is 6.08 Å². The van der Waals surface area contributed by atoms with Crippen LogP contribution < -0.4 is 10.6 Å². The van der Waals surface area contributed by atoms with Crippen LogP contribution in [0.3, 0.4) is 0 Å². The van der Waals surface area contributed by atoms with E-state index in [0.29, 0.717) is 17.7 Å². The number of aromatic nitrogens is 1. The van der Waals surface area contributed by atoms with Gasteiger partial charge in [-0.2, -0.15) is 0 Å². The van der Waals surface area contributed by atoms with Gasteiger partial charge < -0.3 is 10.2 Å². The second-order valence-electron chi connectivity index (χ2n) is 6.57. The molecule has 1 aromatic heterocycles. The molecule has 4 amide bonds. The summed E-state index contributed by atoms with van der Waals surface area (Å²) in [7, 11) is 0. The fourth-order valence-corrected chi connectivity index (χ4v) is 3.93. The topological polar surface area (TPSA) is 91.4 Å². The number of carbonyl (C=O) groups excluding carboxylic acids is 3. The molecule has 0 aromatic carbocycles. The van der Waals surface area contributed by atoms with Crippen molar-refractivity contribution >= 4 is 40.4 Å². The summed E-state index contributed by atoms with van der Waals surface area (Å²) in [6.45, 7) is 0.447. The van der Waals surface area contributed by atoms with E-state index in [9.17, 15) is 14.4 Å². The molecule has 8 heteroatoms. The maximum Gasteiger partial charge on any atom is 0.323 e. The maximum absolute atomic E-state index is 12.8. The van der Waals surface area contributed by atoms with Crippen molar-refractivity contribution in [2.45, 2.75) is 18.4 Å². The van der Waals surface area contributed by atoms with E-state index in [1.165, 1.54) is 0 Å². The van der Waals surface area contributed by atoms with Gasteiger partial charge in [0.2, 0.25) is 5.54 Å². The molecule has 2 N–H and O–H groups in total. The molecule has 0 spiro atoms. The highest BCUT2D eigenvalue weighted by molar-refractivity contribution is 14.1. The maximum atomic E-state index is 12.8. The highest BCUT2D eigenvalue weighted by Gasteiger charge is 2.48. The SMILES string of the molecule is O=C1NC(=O)[C@@](C#Cc2cccnc2)(CN2CC3=C(C=C(I)CC3)C2=O)N1. The molecule has 3 aliphatic rings. The van der Waals surface area contributed by atoms with Crippen molar-refractivity contribution in [2.75, 3.05) is 13.1 Å². The van der Waals surface area contributed by atoms with Gasteiger partial charge in [0, 0.05) is 30.1 Å². The molecule has 1 saturated heterocycles. The summed E-state index contributed by atoms with van der Waals surface area (Å²) in [6, 6.07) is 2.88. The zero-order valence-corrected chi connectivity index (χ0v) is 16.4. The van der Waals surface area contributed by atoms with Crippen molar-refractivity contribution in [1.82, 2.24) is 20.5 Å². The van der Waals surface area contributed by atoms with Gasteiger partial charge in [0.1, 0.15) is 0 Å². The largest absolute Gasteiger partial charge is 0.331 e. The van der Waals surface area contributed by atoms with Gasteiger partial charge >= 0.3 is 6.03 Å². The van der Waals surface area contributed by atoms with Gasteiger partial charge in [-0.25, -0.2) is 4.79 Å². The number of carbonyl (C=O) groups is 3. The van der Waals surface area contributed by atoms with Crippen LogP contribution in [0.5, 0.6) is 0 Å². The molecule has 1 aliphatic carbocycles. The number of rotatable bonds is 2. The second kappa shape index (κ2) is 6.81. The number of imide groups is 1. The number of hydrogen-bond acceptors (Lipinski definition) is 4. The van der Waals surface area contributed by atoms with Gasteiger partial charge in [-0.05, 0) is 62.8 Å². The van der Waals surface area contributed by atoms with Crippen LogP contribution >= 0.6 is 22.6 Å². The van der Waals surface area contributed by atoms with E-state index < -0.39 is 17.5 Å². The molecule has 1 atom stereocenters. The third-order valence-corrected chi connectivity index (χ3v) is 5.55. The minimum Gasteiger partial charge on any atom is -0.331 e. The zero-order chi connectivity index (χ0) is 19.0. The zero-order valence-electron chi connectivity index (χ0n) is 14.2. The lowest BCUT2D eigenvalue weighted by Crippen LogP contribution is -2.55. The van der Waals surface area contributed by atoms with E-state index in [-0.39, 0.29) is 12.5 Å². The lowest BCUT2D eigenvalue weighted by atomic mass is 9.99. The Morgan fingerprint density at radius 1 is 1.30 bits per heavy atom. The monoisotopic (exact) mass is 474 g/mol. The van der Waals surface area contributed by atoms with Crippen molar-refractivity contribution in [3.8, 4) is 11.8 Å². The molecule has 136 valence electrons. The Bertz CT molecular complexity index is 974. The number of nitrogens with one attached hydrogen (secondary N) is 2. The molecular weight excluding hydrogens is 459 g/mol. The average Bonchev–Trinajstić information content (AvgIpc) is 3.11. The minimum atomic E-state index is -1.48. The highest BCUT2D eigenvalue weighted by atomic mass is 127. The summed E-state index contributed by atoms with van der Waals surface area (Å²) < 4.78 is 1.14. The summed E-state index contributed by atoms with van der Waals surface area (Å²) >= 11 is 2.24. The summed E-state index contributed by atoms with van der Waals surface area (Å²) in [5.41, 5.74) is 0.911. The number of pyridine rings is 1. The molecule has 0 radical (unpaired) electrons. The Balaban J connectivity index is 1.62. The quantitative estimate of drug-likeness (QED) is 0.384. The number of urea groups is 1. The molecule has 0 saturated carbocycles. The molecule has 4 rings (SSSR count). The average molecular weight is 474 g/mol. The minimum absolute atomic E-state index is 0.00587. The van der Waals surface area contributed by atoms with Crippen LogP contribution in [0.15, 0.2) is 45.3 Å². The summed E-state index contributed by atoms with van der Waals surface area (Å²) in [5.74, 6) is 5.07. The first-order chi connectivity index (χ1) is 13.0. The second-order valence-corrected chi connectivity index (χ2v) is 7.96. The first-order valence-corrected chi connectivity index (χ1v) is 9.49. The number of nitrogens with zero attached hydrogens (tertiary/aromatic N) is 2. The van der Waals surface area contributed by atoms with Gasteiger partial charge in [-0.15, -0.1) is 0 Å². The van der Waals surface area contributed by atoms with Crippen LogP contribution in [0.4, 0.5) is 4.79 Å². The van der Waals surface area contributed by atoms with E-state index in [1.54, 1.807) is 29.4 Å². The molecule has 27 heavy (non-hydrogen) atoms. The Kier molecular flexibility index (Phi) is 4.47. The summed E-state index contributed by atoms with van der Waals surface area (Å²) in [4.78, 5) is 42.7. The predicted octanol–water partition coefficient (Wildman–Crippen LogP) is 1.26. The van der Waals surface area contributed by atoms with Crippen molar-refractivity contribution in [2.24, 2.45) is 0 Å². The number of allylic oxidation sites excluding steroid dienone is 1. The molecular formula is C19H15IN4O3. The van der Waals surface area contributed by atoms with E-state index in [0.717, 1.165) is 22.0 Å². The molecule has 3 heterocycles. The first-order valence-electron chi connectivity index (χ1n) is 8.41. The third kappa shape index (κ3) is 3.35. The van der Waals surface area contributed by atoms with Crippen LogP contribution in [0.1, 0.15) is 18.4 Å². The molecule has 0 bridgehead atoms. The van der Waals surface area contributed by atoms with Gasteiger partial charge in [0.25, 0.3) is 11.8 Å². The molecule has 2 aliphatic heterocycles. The molecule has 0 unspecified atom stereocenters. The lowest BCUT2D eigenvalue weighted by molar-refractivity contribution is -0.127. The fourth-order valence-electron chi connectivity index (χ4n) is 3.35. The van der Waals surface area contributed by atoms with Crippen molar-refractivity contribution in [3.05, 3.63) is 50.9 Å². The number of halogens is 1. The summed E-state index contributed by atoms with van der Waals surface area (Å²) in [6.07, 6.45) is 6.86. The fraction of sp³-hybridized carbons (Fsp3) is 0.263. The normalized spacial score (nSPS) is 24.1. The van der Waals surface area contributed by atoms with Crippen molar-refractivity contribution in [3.63, 3.8) is 0 Å². The van der Waals surface area contributed by atoms with E-state index >= 15 is 0 Å². The van der Waals surface area contributed by atoms with Crippen LogP contribution in [0.2, 0.25) is 0 Å². The highest BCUT2D eigenvalue weighted by Crippen LogP contribution is 2.34. The predicted molar refractivity (Wildman–Crippen MR) is 105 cm³/mol.